The van der Waals surface area contributed by atoms with Crippen molar-refractivity contribution in [3.63, 3.8) is 0 Å². The van der Waals surface area contributed by atoms with Gasteiger partial charge in [0, 0.05) is 18.9 Å². The van der Waals surface area contributed by atoms with Crippen molar-refractivity contribution in [3.05, 3.63) is 54.6 Å². The van der Waals surface area contributed by atoms with Crippen molar-refractivity contribution in [2.45, 2.75) is 32.2 Å². The van der Waals surface area contributed by atoms with Crippen molar-refractivity contribution in [3.8, 4) is 0 Å². The maximum atomic E-state index is 4.03. The Morgan fingerprint density at radius 1 is 1.00 bits per heavy atom. The minimum absolute atomic E-state index is 0. The monoisotopic (exact) mass is 250 g/mol. The predicted molar refractivity (Wildman–Crippen MR) is 73.5 cm³/mol. The lowest BCUT2D eigenvalue weighted by Gasteiger charge is -2.02. The van der Waals surface area contributed by atoms with Crippen molar-refractivity contribution in [2.24, 2.45) is 0 Å². The lowest BCUT2D eigenvalue weighted by molar-refractivity contribution is 0.587. The minimum atomic E-state index is 0. The van der Waals surface area contributed by atoms with Crippen LogP contribution in [0.3, 0.4) is 0 Å². The summed E-state index contributed by atoms with van der Waals surface area (Å²) < 4.78 is 2.14. The van der Waals surface area contributed by atoms with E-state index in [9.17, 15) is 0 Å². The van der Waals surface area contributed by atoms with Crippen molar-refractivity contribution in [1.82, 2.24) is 9.55 Å². The number of benzene rings is 1. The van der Waals surface area contributed by atoms with E-state index >= 15 is 0 Å². The second-order valence-corrected chi connectivity index (χ2v) is 4.10. The van der Waals surface area contributed by atoms with Gasteiger partial charge < -0.3 is 4.57 Å². The van der Waals surface area contributed by atoms with Crippen LogP contribution in [-0.2, 0) is 13.0 Å². The Kier molecular flexibility index (Phi) is 6.41. The fourth-order valence-corrected chi connectivity index (χ4v) is 1.86. The maximum absolute atomic E-state index is 4.03. The molecule has 0 unspecified atom stereocenters. The van der Waals surface area contributed by atoms with Gasteiger partial charge in [0.15, 0.2) is 0 Å². The molecule has 92 valence electrons. The third kappa shape index (κ3) is 5.05. The highest BCUT2D eigenvalue weighted by Gasteiger charge is 1.93. The molecular formula is C14H19ClN2. The van der Waals surface area contributed by atoms with Gasteiger partial charge in [0.1, 0.15) is 0 Å². The van der Waals surface area contributed by atoms with Crippen LogP contribution in [0.4, 0.5) is 0 Å². The average molecular weight is 251 g/mol. The van der Waals surface area contributed by atoms with Crippen LogP contribution in [-0.4, -0.2) is 9.55 Å². The van der Waals surface area contributed by atoms with Gasteiger partial charge in [0.2, 0.25) is 0 Å². The normalized spacial score (nSPS) is 9.88. The van der Waals surface area contributed by atoms with Crippen LogP contribution in [0.5, 0.6) is 0 Å². The number of aromatic nitrogens is 2. The summed E-state index contributed by atoms with van der Waals surface area (Å²) in [5.74, 6) is 0. The number of halogens is 1. The lowest BCUT2D eigenvalue weighted by atomic mass is 10.1. The quantitative estimate of drug-likeness (QED) is 0.715. The number of unbranched alkanes of at least 4 members (excludes halogenated alkanes) is 2. The Labute approximate surface area is 109 Å². The van der Waals surface area contributed by atoms with Crippen LogP contribution in [0.1, 0.15) is 24.8 Å². The molecule has 0 fully saturated rings. The molecule has 0 aliphatic heterocycles. The summed E-state index contributed by atoms with van der Waals surface area (Å²) in [6, 6.07) is 10.7. The summed E-state index contributed by atoms with van der Waals surface area (Å²) in [6.07, 6.45) is 10.7. The summed E-state index contributed by atoms with van der Waals surface area (Å²) in [5, 5.41) is 0. The molecule has 2 aromatic rings. The molecule has 0 aliphatic carbocycles. The number of rotatable bonds is 6. The third-order valence-corrected chi connectivity index (χ3v) is 2.78. The van der Waals surface area contributed by atoms with Crippen LogP contribution < -0.4 is 0 Å². The molecule has 0 aliphatic rings. The molecule has 17 heavy (non-hydrogen) atoms. The molecular weight excluding hydrogens is 232 g/mol. The average Bonchev–Trinajstić information content (AvgIpc) is 2.83. The van der Waals surface area contributed by atoms with Crippen molar-refractivity contribution in [2.75, 3.05) is 0 Å². The largest absolute Gasteiger partial charge is 0.337 e. The number of imidazole rings is 1. The fraction of sp³-hybridized carbons (Fsp3) is 0.357. The molecule has 1 aromatic carbocycles. The van der Waals surface area contributed by atoms with Gasteiger partial charge in [-0.1, -0.05) is 36.8 Å². The zero-order chi connectivity index (χ0) is 11.1. The molecule has 1 heterocycles. The van der Waals surface area contributed by atoms with Gasteiger partial charge >= 0.3 is 0 Å². The summed E-state index contributed by atoms with van der Waals surface area (Å²) in [5.41, 5.74) is 1.45. The molecule has 3 heteroatoms. The summed E-state index contributed by atoms with van der Waals surface area (Å²) in [7, 11) is 0. The van der Waals surface area contributed by atoms with Crippen molar-refractivity contribution >= 4 is 12.4 Å². The number of aryl methyl sites for hydroxylation is 2. The summed E-state index contributed by atoms with van der Waals surface area (Å²) in [6.45, 7) is 1.09. The van der Waals surface area contributed by atoms with E-state index in [2.05, 4.69) is 39.9 Å². The molecule has 0 atom stereocenters. The summed E-state index contributed by atoms with van der Waals surface area (Å²) in [4.78, 5) is 4.03. The van der Waals surface area contributed by atoms with E-state index in [1.165, 1.54) is 31.2 Å². The SMILES string of the molecule is Cl.c1ccc(CCCCCn2ccnc2)cc1. The van der Waals surface area contributed by atoms with Crippen LogP contribution in [0.15, 0.2) is 49.1 Å². The first-order chi connectivity index (χ1) is 7.95. The van der Waals surface area contributed by atoms with Crippen LogP contribution in [0, 0.1) is 0 Å². The standard InChI is InChI=1S/C14H18N2.ClH/c1-3-7-14(8-4-1)9-5-2-6-11-16-12-10-15-13-16;/h1,3-4,7-8,10,12-13H,2,5-6,9,11H2;1H. The van der Waals surface area contributed by atoms with Gasteiger partial charge in [-0.05, 0) is 24.8 Å². The van der Waals surface area contributed by atoms with Crippen LogP contribution in [0.2, 0.25) is 0 Å². The first-order valence-electron chi connectivity index (χ1n) is 5.95. The predicted octanol–water partition coefficient (Wildman–Crippen LogP) is 3.72. The van der Waals surface area contributed by atoms with Gasteiger partial charge in [0.05, 0.1) is 6.33 Å². The molecule has 0 amide bonds. The third-order valence-electron chi connectivity index (χ3n) is 2.78. The van der Waals surface area contributed by atoms with Crippen molar-refractivity contribution in [1.29, 1.82) is 0 Å². The topological polar surface area (TPSA) is 17.8 Å². The minimum Gasteiger partial charge on any atom is -0.337 e. The molecule has 2 nitrogen and oxygen atoms in total. The maximum Gasteiger partial charge on any atom is 0.0945 e. The first kappa shape index (κ1) is 13.8. The highest BCUT2D eigenvalue weighted by atomic mass is 35.5. The second kappa shape index (κ2) is 7.91. The van der Waals surface area contributed by atoms with Crippen LogP contribution in [0.25, 0.3) is 0 Å². The smallest absolute Gasteiger partial charge is 0.0945 e. The van der Waals surface area contributed by atoms with Gasteiger partial charge in [-0.25, -0.2) is 4.98 Å². The zero-order valence-corrected chi connectivity index (χ0v) is 10.8. The molecule has 1 aromatic heterocycles. The number of hydrogen-bond acceptors (Lipinski definition) is 1. The van der Waals surface area contributed by atoms with E-state index in [4.69, 9.17) is 0 Å². The zero-order valence-electron chi connectivity index (χ0n) is 9.96. The molecule has 2 rings (SSSR count). The number of nitrogens with zero attached hydrogens (tertiary/aromatic N) is 2. The molecule has 0 bridgehead atoms. The Bertz CT molecular complexity index is 384. The van der Waals surface area contributed by atoms with E-state index in [-0.39, 0.29) is 12.4 Å². The number of hydrogen-bond donors (Lipinski definition) is 0. The van der Waals surface area contributed by atoms with Crippen molar-refractivity contribution < 1.29 is 0 Å². The van der Waals surface area contributed by atoms with E-state index < -0.39 is 0 Å². The molecule has 0 spiro atoms. The molecule has 0 N–H and O–H groups in total. The van der Waals surface area contributed by atoms with Gasteiger partial charge in [-0.3, -0.25) is 0 Å². The van der Waals surface area contributed by atoms with Gasteiger partial charge in [-0.15, -0.1) is 12.4 Å². The summed E-state index contributed by atoms with van der Waals surface area (Å²) >= 11 is 0. The van der Waals surface area contributed by atoms with E-state index in [1.807, 2.05) is 18.7 Å². The highest BCUT2D eigenvalue weighted by Crippen LogP contribution is 2.06. The van der Waals surface area contributed by atoms with E-state index in [1.54, 1.807) is 0 Å². The van der Waals surface area contributed by atoms with E-state index in [0.29, 0.717) is 0 Å². The Balaban J connectivity index is 0.00000144. The lowest BCUT2D eigenvalue weighted by Crippen LogP contribution is -1.94. The van der Waals surface area contributed by atoms with Gasteiger partial charge in [-0.2, -0.15) is 0 Å². The highest BCUT2D eigenvalue weighted by molar-refractivity contribution is 5.85. The van der Waals surface area contributed by atoms with Gasteiger partial charge in [0.25, 0.3) is 0 Å². The fourth-order valence-electron chi connectivity index (χ4n) is 1.86. The molecule has 0 saturated heterocycles. The van der Waals surface area contributed by atoms with Crippen LogP contribution >= 0.6 is 12.4 Å². The second-order valence-electron chi connectivity index (χ2n) is 4.10. The molecule has 0 radical (unpaired) electrons. The Morgan fingerprint density at radius 3 is 2.53 bits per heavy atom. The Hall–Kier alpha value is -1.28. The van der Waals surface area contributed by atoms with E-state index in [0.717, 1.165) is 6.54 Å². The molecule has 0 saturated carbocycles. The first-order valence-corrected chi connectivity index (χ1v) is 5.95. The Morgan fingerprint density at radius 2 is 1.82 bits per heavy atom.